The molecule has 0 N–H and O–H groups in total. The molecule has 1 aliphatic heterocycles. The minimum atomic E-state index is 0.360. The predicted octanol–water partition coefficient (Wildman–Crippen LogP) is 2.85. The smallest absolute Gasteiger partial charge is 0.225 e. The van der Waals surface area contributed by atoms with Gasteiger partial charge in [0.2, 0.25) is 5.91 Å². The van der Waals surface area contributed by atoms with Gasteiger partial charge in [0.25, 0.3) is 0 Å². The van der Waals surface area contributed by atoms with Gasteiger partial charge in [0, 0.05) is 49.9 Å². The Morgan fingerprint density at radius 1 is 1.14 bits per heavy atom. The largest absolute Gasteiger partial charge is 0.340 e. The van der Waals surface area contributed by atoms with Crippen molar-refractivity contribution in [1.82, 2.24) is 14.8 Å². The molecule has 2 saturated carbocycles. The van der Waals surface area contributed by atoms with Gasteiger partial charge in [-0.15, -0.1) is 11.3 Å². The van der Waals surface area contributed by atoms with Gasteiger partial charge in [0.1, 0.15) is 0 Å². The van der Waals surface area contributed by atoms with E-state index >= 15 is 0 Å². The molecule has 1 aromatic heterocycles. The summed E-state index contributed by atoms with van der Waals surface area (Å²) in [4.78, 5) is 21.5. The summed E-state index contributed by atoms with van der Waals surface area (Å²) >= 11 is 1.85. The highest BCUT2D eigenvalue weighted by Crippen LogP contribution is 2.35. The van der Waals surface area contributed by atoms with E-state index in [9.17, 15) is 4.79 Å². The van der Waals surface area contributed by atoms with Crippen molar-refractivity contribution in [1.29, 1.82) is 0 Å². The first-order chi connectivity index (χ1) is 10.8. The Kier molecular flexibility index (Phi) is 4.18. The van der Waals surface area contributed by atoms with E-state index < -0.39 is 0 Å². The number of nitrogens with zero attached hydrogens (tertiary/aromatic N) is 3. The Morgan fingerprint density at radius 3 is 2.55 bits per heavy atom. The van der Waals surface area contributed by atoms with E-state index in [4.69, 9.17) is 4.98 Å². The van der Waals surface area contributed by atoms with Crippen LogP contribution in [0.3, 0.4) is 0 Å². The van der Waals surface area contributed by atoms with Gasteiger partial charge in [-0.2, -0.15) is 0 Å². The van der Waals surface area contributed by atoms with Crippen LogP contribution >= 0.6 is 11.3 Å². The Bertz CT molecular complexity index is 526. The number of carbonyl (C=O) groups is 1. The van der Waals surface area contributed by atoms with Gasteiger partial charge in [-0.3, -0.25) is 9.69 Å². The molecule has 0 radical (unpaired) electrons. The fourth-order valence-corrected chi connectivity index (χ4v) is 4.68. The molecule has 2 aliphatic carbocycles. The van der Waals surface area contributed by atoms with Gasteiger partial charge in [0.15, 0.2) is 0 Å². The lowest BCUT2D eigenvalue weighted by Gasteiger charge is -2.34. The summed E-state index contributed by atoms with van der Waals surface area (Å²) in [6.07, 6.45) is 7.63. The maximum absolute atomic E-state index is 12.1. The van der Waals surface area contributed by atoms with Crippen molar-refractivity contribution in [2.75, 3.05) is 26.2 Å². The maximum Gasteiger partial charge on any atom is 0.225 e. The summed E-state index contributed by atoms with van der Waals surface area (Å²) in [7, 11) is 0. The van der Waals surface area contributed by atoms with Crippen molar-refractivity contribution >= 4 is 17.2 Å². The van der Waals surface area contributed by atoms with Crippen molar-refractivity contribution in [2.45, 2.75) is 51.0 Å². The van der Waals surface area contributed by atoms with Gasteiger partial charge in [-0.05, 0) is 25.7 Å². The van der Waals surface area contributed by atoms with Crippen molar-refractivity contribution in [2.24, 2.45) is 5.92 Å². The first-order valence-electron chi connectivity index (χ1n) is 8.75. The summed E-state index contributed by atoms with van der Waals surface area (Å²) in [6, 6.07) is 0. The first kappa shape index (κ1) is 14.6. The molecule has 0 spiro atoms. The van der Waals surface area contributed by atoms with Gasteiger partial charge >= 0.3 is 0 Å². The number of hydrogen-bond acceptors (Lipinski definition) is 4. The Labute approximate surface area is 136 Å². The van der Waals surface area contributed by atoms with Crippen LogP contribution in [0.1, 0.15) is 55.1 Å². The summed E-state index contributed by atoms with van der Waals surface area (Å²) in [5.41, 5.74) is 1.23. The molecule has 1 amide bonds. The number of piperazine rings is 1. The zero-order chi connectivity index (χ0) is 14.9. The Balaban J connectivity index is 1.28. The zero-order valence-electron chi connectivity index (χ0n) is 13.2. The molecule has 3 fully saturated rings. The molecule has 3 aliphatic rings. The molecule has 2 heterocycles. The van der Waals surface area contributed by atoms with E-state index in [0.717, 1.165) is 51.5 Å². The third-order valence-electron chi connectivity index (χ3n) is 5.27. The van der Waals surface area contributed by atoms with Gasteiger partial charge < -0.3 is 4.90 Å². The summed E-state index contributed by atoms with van der Waals surface area (Å²) < 4.78 is 0. The average Bonchev–Trinajstić information content (AvgIpc) is 3.05. The standard InChI is InChI=1S/C17H25N3OS/c21-17(14-5-6-14)20-9-7-19(8-10-20)11-15-12-22-16(18-15)13-3-1-2-4-13/h12-14H,1-11H2. The monoisotopic (exact) mass is 319 g/mol. The second-order valence-corrected chi connectivity index (χ2v) is 7.92. The molecule has 1 aromatic rings. The molecule has 0 unspecified atom stereocenters. The van der Waals surface area contributed by atoms with Crippen LogP contribution in [0, 0.1) is 5.92 Å². The van der Waals surface area contributed by atoms with Crippen molar-refractivity contribution in [3.8, 4) is 0 Å². The van der Waals surface area contributed by atoms with Crippen LogP contribution in [-0.2, 0) is 11.3 Å². The Hall–Kier alpha value is -0.940. The molecular formula is C17H25N3OS. The number of rotatable bonds is 4. The van der Waals surface area contributed by atoms with E-state index in [0.29, 0.717) is 11.8 Å². The van der Waals surface area contributed by atoms with Crippen LogP contribution < -0.4 is 0 Å². The topological polar surface area (TPSA) is 36.4 Å². The van der Waals surface area contributed by atoms with E-state index in [1.54, 1.807) is 0 Å². The number of thiazole rings is 1. The quantitative estimate of drug-likeness (QED) is 0.856. The zero-order valence-corrected chi connectivity index (χ0v) is 14.0. The van der Waals surface area contributed by atoms with Gasteiger partial charge in [-0.1, -0.05) is 12.8 Å². The highest BCUT2D eigenvalue weighted by atomic mass is 32.1. The second kappa shape index (κ2) is 6.28. The van der Waals surface area contributed by atoms with Crippen LogP contribution in [0.4, 0.5) is 0 Å². The molecule has 0 aromatic carbocycles. The summed E-state index contributed by atoms with van der Waals surface area (Å²) in [6.45, 7) is 4.74. The molecule has 0 bridgehead atoms. The van der Waals surface area contributed by atoms with E-state index in [1.165, 1.54) is 36.4 Å². The molecule has 0 atom stereocenters. The lowest BCUT2D eigenvalue weighted by Crippen LogP contribution is -2.48. The third-order valence-corrected chi connectivity index (χ3v) is 6.33. The molecule has 22 heavy (non-hydrogen) atoms. The second-order valence-electron chi connectivity index (χ2n) is 7.03. The molecule has 5 heteroatoms. The first-order valence-corrected chi connectivity index (χ1v) is 9.63. The van der Waals surface area contributed by atoms with Crippen molar-refractivity contribution < 1.29 is 4.79 Å². The number of hydrogen-bond donors (Lipinski definition) is 0. The maximum atomic E-state index is 12.1. The lowest BCUT2D eigenvalue weighted by atomic mass is 10.1. The number of amides is 1. The SMILES string of the molecule is O=C(C1CC1)N1CCN(Cc2csc(C3CCCC3)n2)CC1. The van der Waals surface area contributed by atoms with Crippen molar-refractivity contribution in [3.63, 3.8) is 0 Å². The van der Waals surface area contributed by atoms with Crippen LogP contribution in [0.5, 0.6) is 0 Å². The highest BCUT2D eigenvalue weighted by molar-refractivity contribution is 7.09. The van der Waals surface area contributed by atoms with E-state index in [-0.39, 0.29) is 0 Å². The molecule has 1 saturated heterocycles. The number of aromatic nitrogens is 1. The average molecular weight is 319 g/mol. The normalized spacial score (nSPS) is 24.1. The van der Waals surface area contributed by atoms with Crippen LogP contribution in [0.25, 0.3) is 0 Å². The van der Waals surface area contributed by atoms with Gasteiger partial charge in [0.05, 0.1) is 10.7 Å². The molecular weight excluding hydrogens is 294 g/mol. The predicted molar refractivity (Wildman–Crippen MR) is 87.9 cm³/mol. The summed E-state index contributed by atoms with van der Waals surface area (Å²) in [5.74, 6) is 1.49. The minimum Gasteiger partial charge on any atom is -0.340 e. The minimum absolute atomic E-state index is 0.360. The van der Waals surface area contributed by atoms with Crippen LogP contribution in [-0.4, -0.2) is 46.9 Å². The molecule has 120 valence electrons. The lowest BCUT2D eigenvalue weighted by molar-refractivity contribution is -0.134. The summed E-state index contributed by atoms with van der Waals surface area (Å²) in [5, 5.41) is 3.60. The van der Waals surface area contributed by atoms with Crippen LogP contribution in [0.15, 0.2) is 5.38 Å². The molecule has 4 rings (SSSR count). The molecule has 4 nitrogen and oxygen atoms in total. The Morgan fingerprint density at radius 2 is 1.86 bits per heavy atom. The fraction of sp³-hybridized carbons (Fsp3) is 0.765. The van der Waals surface area contributed by atoms with E-state index in [2.05, 4.69) is 15.2 Å². The van der Waals surface area contributed by atoms with Crippen LogP contribution in [0.2, 0.25) is 0 Å². The highest BCUT2D eigenvalue weighted by Gasteiger charge is 2.34. The number of carbonyl (C=O) groups excluding carboxylic acids is 1. The van der Waals surface area contributed by atoms with Crippen molar-refractivity contribution in [3.05, 3.63) is 16.1 Å². The third kappa shape index (κ3) is 3.20. The fourth-order valence-electron chi connectivity index (χ4n) is 3.70. The van der Waals surface area contributed by atoms with Gasteiger partial charge in [-0.25, -0.2) is 4.98 Å². The van der Waals surface area contributed by atoms with E-state index in [1.807, 2.05) is 11.3 Å².